The van der Waals surface area contributed by atoms with Crippen molar-refractivity contribution in [1.82, 2.24) is 15.6 Å². The molecule has 2 rings (SSSR count). The molecule has 1 aromatic rings. The molecule has 2 N–H and O–H groups in total. The Balaban J connectivity index is 1.69. The number of pyridine rings is 1. The van der Waals surface area contributed by atoms with Gasteiger partial charge in [-0.15, -0.1) is 0 Å². The first kappa shape index (κ1) is 12.0. The Morgan fingerprint density at radius 3 is 3.00 bits per heavy atom. The smallest absolute Gasteiger partial charge is 0.221 e. The number of nitrogens with zero attached hydrogens (tertiary/aromatic N) is 1. The van der Waals surface area contributed by atoms with Crippen LogP contribution in [0.4, 0.5) is 0 Å². The maximum Gasteiger partial charge on any atom is 0.221 e. The summed E-state index contributed by atoms with van der Waals surface area (Å²) in [5, 5.41) is 6.27. The van der Waals surface area contributed by atoms with E-state index in [1.165, 1.54) is 12.8 Å². The van der Waals surface area contributed by atoms with Crippen LogP contribution in [0.3, 0.4) is 0 Å². The van der Waals surface area contributed by atoms with Crippen LogP contribution in [0.2, 0.25) is 0 Å². The Morgan fingerprint density at radius 1 is 1.53 bits per heavy atom. The molecule has 0 saturated heterocycles. The summed E-state index contributed by atoms with van der Waals surface area (Å²) in [6.07, 6.45) is 4.79. The zero-order chi connectivity index (χ0) is 12.1. The van der Waals surface area contributed by atoms with Crippen molar-refractivity contribution in [1.29, 1.82) is 0 Å². The molecule has 4 nitrogen and oxygen atoms in total. The van der Waals surface area contributed by atoms with Gasteiger partial charge >= 0.3 is 0 Å². The van der Waals surface area contributed by atoms with Gasteiger partial charge in [0.2, 0.25) is 5.91 Å². The minimum Gasteiger partial charge on any atom is -0.348 e. The second-order valence-electron chi connectivity index (χ2n) is 4.52. The molecule has 1 aromatic heterocycles. The topological polar surface area (TPSA) is 54.0 Å². The Kier molecular flexibility index (Phi) is 4.09. The Bertz CT molecular complexity index is 362. The quantitative estimate of drug-likeness (QED) is 0.781. The fraction of sp³-hybridized carbons (Fsp3) is 0.538. The van der Waals surface area contributed by atoms with E-state index in [0.717, 1.165) is 12.2 Å². The van der Waals surface area contributed by atoms with Gasteiger partial charge in [-0.3, -0.25) is 9.78 Å². The summed E-state index contributed by atoms with van der Waals surface area (Å²) in [7, 11) is 0. The molecular formula is C13H19N3O. The molecule has 17 heavy (non-hydrogen) atoms. The van der Waals surface area contributed by atoms with Gasteiger partial charge < -0.3 is 10.6 Å². The predicted molar refractivity (Wildman–Crippen MR) is 66.4 cm³/mol. The van der Waals surface area contributed by atoms with Crippen LogP contribution < -0.4 is 10.6 Å². The summed E-state index contributed by atoms with van der Waals surface area (Å²) < 4.78 is 0. The van der Waals surface area contributed by atoms with E-state index in [2.05, 4.69) is 15.6 Å². The number of hydrogen-bond acceptors (Lipinski definition) is 3. The minimum absolute atomic E-state index is 0.0235. The van der Waals surface area contributed by atoms with Gasteiger partial charge in [0.25, 0.3) is 0 Å². The van der Waals surface area contributed by atoms with Gasteiger partial charge in [0.05, 0.1) is 11.7 Å². The lowest BCUT2D eigenvalue weighted by molar-refractivity contribution is -0.121. The third kappa shape index (κ3) is 4.15. The molecule has 0 spiro atoms. The summed E-state index contributed by atoms with van der Waals surface area (Å²) in [5.41, 5.74) is 0.899. The molecule has 1 atom stereocenters. The SMILES string of the molecule is CC(NC(=O)CCNC1CC1)c1ccccn1. The van der Waals surface area contributed by atoms with E-state index in [1.807, 2.05) is 25.1 Å². The van der Waals surface area contributed by atoms with E-state index in [4.69, 9.17) is 0 Å². The van der Waals surface area contributed by atoms with Gasteiger partial charge in [-0.25, -0.2) is 0 Å². The molecule has 1 heterocycles. The molecule has 0 radical (unpaired) electrons. The lowest BCUT2D eigenvalue weighted by Gasteiger charge is -2.13. The van der Waals surface area contributed by atoms with Crippen LogP contribution in [0.5, 0.6) is 0 Å². The summed E-state index contributed by atoms with van der Waals surface area (Å²) in [6.45, 7) is 2.72. The number of amides is 1. The third-order valence-corrected chi connectivity index (χ3v) is 2.87. The molecule has 0 aromatic carbocycles. The number of nitrogens with one attached hydrogen (secondary N) is 2. The second kappa shape index (κ2) is 5.77. The monoisotopic (exact) mass is 233 g/mol. The Labute approximate surface area is 102 Å². The standard InChI is InChI=1S/C13H19N3O/c1-10(12-4-2-3-8-15-12)16-13(17)7-9-14-11-5-6-11/h2-4,8,10-11,14H,5-7,9H2,1H3,(H,16,17). The first-order valence-electron chi connectivity index (χ1n) is 6.19. The molecule has 1 aliphatic carbocycles. The molecule has 1 aliphatic rings. The maximum atomic E-state index is 11.6. The van der Waals surface area contributed by atoms with Crippen LogP contribution in [0.15, 0.2) is 24.4 Å². The van der Waals surface area contributed by atoms with Gasteiger partial charge in [-0.1, -0.05) is 6.07 Å². The maximum absolute atomic E-state index is 11.6. The highest BCUT2D eigenvalue weighted by Crippen LogP contribution is 2.18. The van der Waals surface area contributed by atoms with E-state index in [0.29, 0.717) is 12.5 Å². The van der Waals surface area contributed by atoms with Gasteiger partial charge in [0.1, 0.15) is 0 Å². The highest BCUT2D eigenvalue weighted by atomic mass is 16.1. The van der Waals surface area contributed by atoms with Gasteiger partial charge in [0.15, 0.2) is 0 Å². The van der Waals surface area contributed by atoms with Crippen LogP contribution in [0.1, 0.15) is 37.9 Å². The zero-order valence-corrected chi connectivity index (χ0v) is 10.1. The van der Waals surface area contributed by atoms with Crippen LogP contribution in [0.25, 0.3) is 0 Å². The lowest BCUT2D eigenvalue weighted by Crippen LogP contribution is -2.30. The molecule has 0 bridgehead atoms. The van der Waals surface area contributed by atoms with E-state index >= 15 is 0 Å². The zero-order valence-electron chi connectivity index (χ0n) is 10.1. The van der Waals surface area contributed by atoms with Crippen LogP contribution in [0, 0.1) is 0 Å². The number of hydrogen-bond donors (Lipinski definition) is 2. The molecule has 1 saturated carbocycles. The molecule has 92 valence electrons. The summed E-state index contributed by atoms with van der Waals surface area (Å²) in [5.74, 6) is 0.0799. The highest BCUT2D eigenvalue weighted by Gasteiger charge is 2.20. The molecular weight excluding hydrogens is 214 g/mol. The van der Waals surface area contributed by atoms with Crippen molar-refractivity contribution in [2.75, 3.05) is 6.54 Å². The summed E-state index contributed by atoms with van der Waals surface area (Å²) in [4.78, 5) is 15.9. The molecule has 0 aliphatic heterocycles. The van der Waals surface area contributed by atoms with Crippen molar-refractivity contribution in [3.8, 4) is 0 Å². The van der Waals surface area contributed by atoms with Crippen molar-refractivity contribution in [3.05, 3.63) is 30.1 Å². The van der Waals surface area contributed by atoms with Gasteiger partial charge in [0, 0.05) is 25.2 Å². The predicted octanol–water partition coefficient (Wildman–Crippen LogP) is 1.40. The first-order valence-corrected chi connectivity index (χ1v) is 6.19. The summed E-state index contributed by atoms with van der Waals surface area (Å²) in [6, 6.07) is 6.37. The minimum atomic E-state index is -0.0235. The highest BCUT2D eigenvalue weighted by molar-refractivity contribution is 5.76. The Morgan fingerprint density at radius 2 is 2.35 bits per heavy atom. The fourth-order valence-corrected chi connectivity index (χ4v) is 1.70. The second-order valence-corrected chi connectivity index (χ2v) is 4.52. The van der Waals surface area contributed by atoms with Crippen molar-refractivity contribution in [2.24, 2.45) is 0 Å². The molecule has 1 amide bonds. The van der Waals surface area contributed by atoms with Crippen LogP contribution in [-0.2, 0) is 4.79 Å². The number of carbonyl (C=O) groups is 1. The van der Waals surface area contributed by atoms with Crippen molar-refractivity contribution < 1.29 is 4.79 Å². The Hall–Kier alpha value is -1.42. The van der Waals surface area contributed by atoms with E-state index in [1.54, 1.807) is 6.20 Å². The van der Waals surface area contributed by atoms with Crippen LogP contribution >= 0.6 is 0 Å². The number of carbonyl (C=O) groups excluding carboxylic acids is 1. The number of rotatable bonds is 6. The van der Waals surface area contributed by atoms with E-state index < -0.39 is 0 Å². The van der Waals surface area contributed by atoms with Crippen molar-refractivity contribution >= 4 is 5.91 Å². The number of aromatic nitrogens is 1. The van der Waals surface area contributed by atoms with Crippen molar-refractivity contribution in [2.45, 2.75) is 38.3 Å². The van der Waals surface area contributed by atoms with Crippen LogP contribution in [-0.4, -0.2) is 23.5 Å². The van der Waals surface area contributed by atoms with E-state index in [-0.39, 0.29) is 11.9 Å². The average molecular weight is 233 g/mol. The molecule has 1 fully saturated rings. The normalized spacial score (nSPS) is 16.5. The molecule has 1 unspecified atom stereocenters. The van der Waals surface area contributed by atoms with Crippen molar-refractivity contribution in [3.63, 3.8) is 0 Å². The summed E-state index contributed by atoms with van der Waals surface area (Å²) >= 11 is 0. The third-order valence-electron chi connectivity index (χ3n) is 2.87. The lowest BCUT2D eigenvalue weighted by atomic mass is 10.2. The largest absolute Gasteiger partial charge is 0.348 e. The van der Waals surface area contributed by atoms with Gasteiger partial charge in [-0.05, 0) is 31.9 Å². The molecule has 4 heteroatoms. The van der Waals surface area contributed by atoms with Gasteiger partial charge in [-0.2, -0.15) is 0 Å². The fourth-order valence-electron chi connectivity index (χ4n) is 1.70. The average Bonchev–Trinajstić information content (AvgIpc) is 3.14. The van der Waals surface area contributed by atoms with E-state index in [9.17, 15) is 4.79 Å². The first-order chi connectivity index (χ1) is 8.25.